The zero-order chi connectivity index (χ0) is 28.6. The third-order valence-electron chi connectivity index (χ3n) is 10.0. The van der Waals surface area contributed by atoms with Gasteiger partial charge in [0.1, 0.15) is 17.8 Å². The molecule has 0 spiro atoms. The molecule has 1 heterocycles. The lowest BCUT2D eigenvalue weighted by atomic mass is 9.54. The molecule has 3 atom stereocenters. The maximum absolute atomic E-state index is 13.7. The van der Waals surface area contributed by atoms with Crippen molar-refractivity contribution in [2.45, 2.75) is 101 Å². The number of rotatable bonds is 7. The van der Waals surface area contributed by atoms with E-state index in [0.29, 0.717) is 17.5 Å². The van der Waals surface area contributed by atoms with Crippen LogP contribution in [0.15, 0.2) is 42.5 Å². The van der Waals surface area contributed by atoms with E-state index in [0.717, 1.165) is 50.6 Å². The van der Waals surface area contributed by atoms with Crippen molar-refractivity contribution in [3.05, 3.63) is 63.9 Å². The van der Waals surface area contributed by atoms with Crippen LogP contribution < -0.4 is 10.1 Å². The van der Waals surface area contributed by atoms with Gasteiger partial charge in [0.15, 0.2) is 6.61 Å². The number of carbonyl (C=O) groups excluding carboxylic acids is 1. The summed E-state index contributed by atoms with van der Waals surface area (Å²) in [6, 6.07) is 12.5. The van der Waals surface area contributed by atoms with Crippen LogP contribution in [0.25, 0.3) is 0 Å². The second-order valence-electron chi connectivity index (χ2n) is 12.5. The second kappa shape index (κ2) is 12.0. The van der Waals surface area contributed by atoms with Crippen LogP contribution in [0.4, 0.5) is 4.39 Å². The molecule has 1 amide bonds. The lowest BCUT2D eigenvalue weighted by Crippen LogP contribution is -2.67. The van der Waals surface area contributed by atoms with Crippen molar-refractivity contribution in [1.29, 1.82) is 0 Å². The van der Waals surface area contributed by atoms with E-state index in [-0.39, 0.29) is 41.0 Å². The predicted molar refractivity (Wildman–Crippen MR) is 157 cm³/mol. The number of hydrogen-bond donors (Lipinski definition) is 2. The Labute approximate surface area is 251 Å². The van der Waals surface area contributed by atoms with Crippen LogP contribution >= 0.6 is 23.2 Å². The highest BCUT2D eigenvalue weighted by molar-refractivity contribution is 6.30. The first kappa shape index (κ1) is 29.2. The van der Waals surface area contributed by atoms with Crippen molar-refractivity contribution < 1.29 is 23.8 Å². The van der Waals surface area contributed by atoms with Crippen LogP contribution in [0.5, 0.6) is 5.75 Å². The summed E-state index contributed by atoms with van der Waals surface area (Å²) in [5, 5.41) is 15.6. The van der Waals surface area contributed by atoms with Gasteiger partial charge >= 0.3 is 0 Å². The number of ether oxygens (including phenoxy) is 2. The normalized spacial score (nSPS) is 32.5. The molecule has 4 aliphatic carbocycles. The molecule has 5 aliphatic rings. The topological polar surface area (TPSA) is 71.0 Å². The van der Waals surface area contributed by atoms with Crippen molar-refractivity contribution in [2.24, 2.45) is 5.41 Å². The number of amides is 1. The first-order chi connectivity index (χ1) is 19.8. The van der Waals surface area contributed by atoms with Crippen molar-refractivity contribution in [2.75, 3.05) is 13.2 Å². The van der Waals surface area contributed by atoms with Gasteiger partial charge < -0.3 is 19.9 Å². The molecule has 0 aromatic heterocycles. The Kier molecular flexibility index (Phi) is 8.54. The van der Waals surface area contributed by atoms with Gasteiger partial charge in [-0.15, -0.1) is 0 Å². The van der Waals surface area contributed by atoms with E-state index in [1.54, 1.807) is 0 Å². The maximum atomic E-state index is 13.7. The summed E-state index contributed by atoms with van der Waals surface area (Å²) in [4.78, 5) is 15.5. The molecule has 6 nitrogen and oxygen atoms in total. The monoisotopic (exact) mass is 604 g/mol. The molecule has 2 unspecified atom stereocenters. The summed E-state index contributed by atoms with van der Waals surface area (Å²) in [6.45, 7) is 0.587. The Morgan fingerprint density at radius 1 is 1.05 bits per heavy atom. The van der Waals surface area contributed by atoms with Crippen LogP contribution in [0.1, 0.15) is 82.3 Å². The average Bonchev–Trinajstić information content (AvgIpc) is 3.23. The molecule has 4 saturated carbocycles. The number of carbonyl (C=O) groups is 1. The second-order valence-corrected chi connectivity index (χ2v) is 13.4. The van der Waals surface area contributed by atoms with E-state index in [1.807, 2.05) is 12.1 Å². The predicted octanol–water partition coefficient (Wildman–Crippen LogP) is 6.81. The minimum absolute atomic E-state index is 0.00547. The lowest BCUT2D eigenvalue weighted by Gasteiger charge is -2.59. The van der Waals surface area contributed by atoms with E-state index >= 15 is 0 Å². The fourth-order valence-electron chi connectivity index (χ4n) is 7.76. The molecule has 2 bridgehead atoms. The van der Waals surface area contributed by atoms with Crippen LogP contribution in [-0.4, -0.2) is 53.0 Å². The SMILES string of the molecule is O=C(COc1ccc(Cl)c(F)c1)NC12CCC(C3OC(c4ccc(Cl)cc4)CN3C3CCCCCC3)(CC1)[C@H](O)C2. The Hall–Kier alpha value is -1.90. The van der Waals surface area contributed by atoms with Crippen LogP contribution in [0.3, 0.4) is 0 Å². The number of hydrogen-bond acceptors (Lipinski definition) is 5. The Bertz CT molecular complexity index is 1230. The van der Waals surface area contributed by atoms with Gasteiger partial charge in [-0.3, -0.25) is 9.69 Å². The summed E-state index contributed by atoms with van der Waals surface area (Å²) in [5.41, 5.74) is 0.265. The van der Waals surface area contributed by atoms with Crippen molar-refractivity contribution in [3.63, 3.8) is 0 Å². The first-order valence-corrected chi connectivity index (χ1v) is 15.8. The Balaban J connectivity index is 1.15. The van der Waals surface area contributed by atoms with Crippen LogP contribution in [0.2, 0.25) is 10.0 Å². The van der Waals surface area contributed by atoms with Crippen molar-refractivity contribution in [3.8, 4) is 5.75 Å². The fourth-order valence-corrected chi connectivity index (χ4v) is 8.00. The minimum atomic E-state index is -0.598. The number of halogens is 3. The summed E-state index contributed by atoms with van der Waals surface area (Å²) in [5.74, 6) is -0.618. The number of aliphatic hydroxyl groups is 1. The summed E-state index contributed by atoms with van der Waals surface area (Å²) in [6.07, 6.45) is 10.1. The molecule has 0 radical (unpaired) electrons. The number of nitrogens with one attached hydrogen (secondary N) is 1. The van der Waals surface area contributed by atoms with Gasteiger partial charge in [-0.05, 0) is 74.8 Å². The number of aliphatic hydroxyl groups excluding tert-OH is 1. The molecule has 222 valence electrons. The third-order valence-corrected chi connectivity index (χ3v) is 10.6. The zero-order valence-corrected chi connectivity index (χ0v) is 24.8. The number of fused-ring (bicyclic) bond motifs is 3. The van der Waals surface area contributed by atoms with Gasteiger partial charge in [0.25, 0.3) is 5.91 Å². The smallest absolute Gasteiger partial charge is 0.258 e. The summed E-state index contributed by atoms with van der Waals surface area (Å²) >= 11 is 11.9. The largest absolute Gasteiger partial charge is 0.484 e. The van der Waals surface area contributed by atoms with Gasteiger partial charge in [-0.1, -0.05) is 61.0 Å². The quantitative estimate of drug-likeness (QED) is 0.340. The number of benzene rings is 2. The molecular weight excluding hydrogens is 566 g/mol. The molecule has 7 rings (SSSR count). The van der Waals surface area contributed by atoms with Crippen molar-refractivity contribution in [1.82, 2.24) is 10.2 Å². The molecule has 5 fully saturated rings. The van der Waals surface area contributed by atoms with Gasteiger partial charge in [0.2, 0.25) is 0 Å². The number of nitrogens with zero attached hydrogens (tertiary/aromatic N) is 1. The fraction of sp³-hybridized carbons (Fsp3) is 0.594. The standard InChI is InChI=1S/C32H39Cl2FN2O4/c33-22-9-7-21(8-10-22)27-19-37(23-5-3-1-2-4-6-23)30(41-27)32-15-13-31(14-16-32,18-28(32)38)36-29(39)20-40-24-11-12-25(34)26(35)17-24/h7-12,17,23,27-28,30,38H,1-6,13-16,18-20H2,(H,36,39)/t27?,28-,30?,31?,32?/m1/s1. The molecular formula is C32H39Cl2FN2O4. The Morgan fingerprint density at radius 2 is 1.76 bits per heavy atom. The molecule has 9 heteroatoms. The van der Waals surface area contributed by atoms with Crippen LogP contribution in [0, 0.1) is 11.2 Å². The van der Waals surface area contributed by atoms with Gasteiger partial charge in [0.05, 0.1) is 17.2 Å². The first-order valence-electron chi connectivity index (χ1n) is 15.0. The highest BCUT2D eigenvalue weighted by atomic mass is 35.5. The molecule has 2 aromatic rings. The molecule has 41 heavy (non-hydrogen) atoms. The van der Waals surface area contributed by atoms with Gasteiger partial charge in [-0.2, -0.15) is 0 Å². The van der Waals surface area contributed by atoms with E-state index in [1.165, 1.54) is 43.9 Å². The Morgan fingerprint density at radius 3 is 2.41 bits per heavy atom. The van der Waals surface area contributed by atoms with Crippen LogP contribution in [-0.2, 0) is 9.53 Å². The van der Waals surface area contributed by atoms with Gasteiger partial charge in [-0.25, -0.2) is 4.39 Å². The minimum Gasteiger partial charge on any atom is -0.484 e. The zero-order valence-electron chi connectivity index (χ0n) is 23.3. The van der Waals surface area contributed by atoms with E-state index in [2.05, 4.69) is 22.3 Å². The highest BCUT2D eigenvalue weighted by Gasteiger charge is 2.61. The summed E-state index contributed by atoms with van der Waals surface area (Å²) < 4.78 is 26.2. The molecule has 1 aliphatic heterocycles. The average molecular weight is 606 g/mol. The lowest BCUT2D eigenvalue weighted by molar-refractivity contribution is -0.201. The maximum Gasteiger partial charge on any atom is 0.258 e. The van der Waals surface area contributed by atoms with E-state index in [4.69, 9.17) is 32.7 Å². The van der Waals surface area contributed by atoms with Gasteiger partial charge in [0, 0.05) is 34.6 Å². The van der Waals surface area contributed by atoms with Crippen molar-refractivity contribution >= 4 is 29.1 Å². The molecule has 1 saturated heterocycles. The van der Waals surface area contributed by atoms with E-state index < -0.39 is 17.5 Å². The molecule has 2 aromatic carbocycles. The third kappa shape index (κ3) is 5.98. The van der Waals surface area contributed by atoms with E-state index in [9.17, 15) is 14.3 Å². The summed E-state index contributed by atoms with van der Waals surface area (Å²) in [7, 11) is 0. The highest BCUT2D eigenvalue weighted by Crippen LogP contribution is 2.58. The molecule has 2 N–H and O–H groups in total.